The Kier molecular flexibility index (Phi) is 4.48. The second kappa shape index (κ2) is 5.96. The van der Waals surface area contributed by atoms with E-state index in [9.17, 15) is 0 Å². The van der Waals surface area contributed by atoms with E-state index in [-0.39, 0.29) is 11.5 Å². The molecule has 0 aliphatic carbocycles. The Bertz CT molecular complexity index is 563. The topological polar surface area (TPSA) is 43.8 Å². The van der Waals surface area contributed by atoms with E-state index in [1.165, 1.54) is 5.52 Å². The molecule has 1 unspecified atom stereocenters. The number of aryl methyl sites for hydroxylation is 1. The summed E-state index contributed by atoms with van der Waals surface area (Å²) in [5.41, 5.74) is 8.90. The molecule has 0 aliphatic rings. The largest absolute Gasteiger partial charge is 0.328 e. The van der Waals surface area contributed by atoms with Gasteiger partial charge >= 0.3 is 0 Å². The fourth-order valence-corrected chi connectivity index (χ4v) is 2.85. The van der Waals surface area contributed by atoms with Gasteiger partial charge in [-0.05, 0) is 30.4 Å². The Hall–Kier alpha value is -1.35. The number of nitrogens with zero attached hydrogens (tertiary/aromatic N) is 2. The van der Waals surface area contributed by atoms with Gasteiger partial charge in [-0.15, -0.1) is 0 Å². The first-order valence-electron chi connectivity index (χ1n) is 7.60. The first-order valence-corrected chi connectivity index (χ1v) is 7.60. The van der Waals surface area contributed by atoms with Crippen LogP contribution in [0.3, 0.4) is 0 Å². The van der Waals surface area contributed by atoms with Gasteiger partial charge in [0.25, 0.3) is 0 Å². The highest BCUT2D eigenvalue weighted by molar-refractivity contribution is 5.75. The lowest BCUT2D eigenvalue weighted by molar-refractivity contribution is 0.335. The fraction of sp³-hybridized carbons (Fsp3) is 0.588. The number of imidazole rings is 1. The van der Waals surface area contributed by atoms with Crippen LogP contribution in [0.2, 0.25) is 0 Å². The Morgan fingerprint density at radius 3 is 2.60 bits per heavy atom. The van der Waals surface area contributed by atoms with E-state index >= 15 is 0 Å². The number of hydrogen-bond donors (Lipinski definition) is 1. The Balaban J connectivity index is 2.26. The molecule has 0 aliphatic heterocycles. The molecule has 110 valence electrons. The zero-order chi connectivity index (χ0) is 14.8. The van der Waals surface area contributed by atoms with Gasteiger partial charge in [-0.25, -0.2) is 4.98 Å². The monoisotopic (exact) mass is 273 g/mol. The zero-order valence-electron chi connectivity index (χ0n) is 13.2. The molecule has 2 N–H and O–H groups in total. The molecule has 3 nitrogen and oxygen atoms in total. The molecule has 1 aromatic heterocycles. The minimum absolute atomic E-state index is 0.169. The molecule has 0 radical (unpaired) electrons. The van der Waals surface area contributed by atoms with Crippen molar-refractivity contribution >= 4 is 11.0 Å². The van der Waals surface area contributed by atoms with Crippen molar-refractivity contribution in [1.82, 2.24) is 9.55 Å². The molecule has 0 fully saturated rings. The van der Waals surface area contributed by atoms with Gasteiger partial charge in [0.2, 0.25) is 0 Å². The SMILES string of the molecule is CCCn1c(CC(N)CC(C)(C)C)nc2ccccc21. The van der Waals surface area contributed by atoms with Crippen molar-refractivity contribution < 1.29 is 0 Å². The van der Waals surface area contributed by atoms with Gasteiger partial charge in [0.1, 0.15) is 5.82 Å². The molecule has 1 atom stereocenters. The van der Waals surface area contributed by atoms with E-state index in [0.29, 0.717) is 0 Å². The van der Waals surface area contributed by atoms with Gasteiger partial charge in [0.15, 0.2) is 0 Å². The third-order valence-electron chi connectivity index (χ3n) is 3.50. The molecule has 2 rings (SSSR count). The van der Waals surface area contributed by atoms with E-state index in [1.54, 1.807) is 0 Å². The van der Waals surface area contributed by atoms with Crippen molar-refractivity contribution in [3.8, 4) is 0 Å². The number of hydrogen-bond acceptors (Lipinski definition) is 2. The first kappa shape index (κ1) is 15.0. The summed E-state index contributed by atoms with van der Waals surface area (Å²) in [7, 11) is 0. The van der Waals surface area contributed by atoms with E-state index < -0.39 is 0 Å². The summed E-state index contributed by atoms with van der Waals surface area (Å²) in [4.78, 5) is 4.78. The maximum absolute atomic E-state index is 6.33. The van der Waals surface area contributed by atoms with Crippen molar-refractivity contribution in [2.45, 2.75) is 59.5 Å². The minimum Gasteiger partial charge on any atom is -0.328 e. The quantitative estimate of drug-likeness (QED) is 0.901. The van der Waals surface area contributed by atoms with E-state index in [1.807, 2.05) is 6.07 Å². The van der Waals surface area contributed by atoms with Crippen molar-refractivity contribution in [2.24, 2.45) is 11.1 Å². The predicted molar refractivity (Wildman–Crippen MR) is 85.8 cm³/mol. The second-order valence-electron chi connectivity index (χ2n) is 6.90. The fourth-order valence-electron chi connectivity index (χ4n) is 2.85. The number of para-hydroxylation sites is 2. The van der Waals surface area contributed by atoms with Crippen molar-refractivity contribution in [1.29, 1.82) is 0 Å². The van der Waals surface area contributed by atoms with E-state index in [4.69, 9.17) is 10.7 Å². The van der Waals surface area contributed by atoms with Crippen molar-refractivity contribution in [2.75, 3.05) is 0 Å². The summed E-state index contributed by atoms with van der Waals surface area (Å²) in [6.45, 7) is 9.93. The highest BCUT2D eigenvalue weighted by Gasteiger charge is 2.19. The third kappa shape index (κ3) is 3.60. The van der Waals surface area contributed by atoms with Crippen molar-refractivity contribution in [3.05, 3.63) is 30.1 Å². The van der Waals surface area contributed by atoms with Crippen LogP contribution in [0.25, 0.3) is 11.0 Å². The molecule has 0 amide bonds. The molecular weight excluding hydrogens is 246 g/mol. The summed E-state index contributed by atoms with van der Waals surface area (Å²) in [5.74, 6) is 1.13. The van der Waals surface area contributed by atoms with Crippen LogP contribution in [-0.4, -0.2) is 15.6 Å². The summed E-state index contributed by atoms with van der Waals surface area (Å²) in [6, 6.07) is 8.53. The van der Waals surface area contributed by atoms with Crippen LogP contribution >= 0.6 is 0 Å². The third-order valence-corrected chi connectivity index (χ3v) is 3.50. The molecule has 0 bridgehead atoms. The molecule has 20 heavy (non-hydrogen) atoms. The lowest BCUT2D eigenvalue weighted by Crippen LogP contribution is -2.29. The molecule has 2 aromatic rings. The van der Waals surface area contributed by atoms with Crippen LogP contribution in [-0.2, 0) is 13.0 Å². The average molecular weight is 273 g/mol. The number of benzene rings is 1. The van der Waals surface area contributed by atoms with Gasteiger partial charge in [0, 0.05) is 19.0 Å². The maximum Gasteiger partial charge on any atom is 0.111 e. The Morgan fingerprint density at radius 2 is 1.95 bits per heavy atom. The summed E-state index contributed by atoms with van der Waals surface area (Å²) >= 11 is 0. The van der Waals surface area contributed by atoms with Crippen LogP contribution in [0.5, 0.6) is 0 Å². The molecule has 0 saturated heterocycles. The lowest BCUT2D eigenvalue weighted by Gasteiger charge is -2.23. The number of rotatable bonds is 5. The second-order valence-corrected chi connectivity index (χ2v) is 6.90. The smallest absolute Gasteiger partial charge is 0.111 e. The predicted octanol–water partition coefficient (Wildman–Crippen LogP) is 3.75. The molecule has 1 aromatic carbocycles. The molecule has 1 heterocycles. The molecule has 3 heteroatoms. The van der Waals surface area contributed by atoms with Crippen LogP contribution < -0.4 is 5.73 Å². The molecule has 0 spiro atoms. The minimum atomic E-state index is 0.169. The maximum atomic E-state index is 6.33. The van der Waals surface area contributed by atoms with Crippen LogP contribution in [0, 0.1) is 5.41 Å². The van der Waals surface area contributed by atoms with Gasteiger partial charge in [-0.3, -0.25) is 0 Å². The van der Waals surface area contributed by atoms with E-state index in [2.05, 4.69) is 50.5 Å². The molecular formula is C17H27N3. The zero-order valence-corrected chi connectivity index (χ0v) is 13.2. The Morgan fingerprint density at radius 1 is 1.25 bits per heavy atom. The number of aromatic nitrogens is 2. The highest BCUT2D eigenvalue weighted by atomic mass is 15.1. The van der Waals surface area contributed by atoms with Crippen molar-refractivity contribution in [3.63, 3.8) is 0 Å². The molecule has 0 saturated carbocycles. The van der Waals surface area contributed by atoms with Crippen LogP contribution in [0.15, 0.2) is 24.3 Å². The first-order chi connectivity index (χ1) is 9.40. The normalized spacial score (nSPS) is 13.8. The van der Waals surface area contributed by atoms with Gasteiger partial charge in [-0.2, -0.15) is 0 Å². The van der Waals surface area contributed by atoms with Gasteiger partial charge in [-0.1, -0.05) is 39.8 Å². The van der Waals surface area contributed by atoms with E-state index in [0.717, 1.165) is 37.1 Å². The summed E-state index contributed by atoms with van der Waals surface area (Å²) in [6.07, 6.45) is 2.98. The van der Waals surface area contributed by atoms with Crippen LogP contribution in [0.4, 0.5) is 0 Å². The lowest BCUT2D eigenvalue weighted by atomic mass is 9.87. The summed E-state index contributed by atoms with van der Waals surface area (Å²) < 4.78 is 2.33. The Labute approximate surface area is 122 Å². The number of fused-ring (bicyclic) bond motifs is 1. The number of nitrogens with two attached hydrogens (primary N) is 1. The van der Waals surface area contributed by atoms with Crippen LogP contribution in [0.1, 0.15) is 46.4 Å². The average Bonchev–Trinajstić information content (AvgIpc) is 2.66. The highest BCUT2D eigenvalue weighted by Crippen LogP contribution is 2.23. The summed E-state index contributed by atoms with van der Waals surface area (Å²) in [5, 5.41) is 0. The standard InChI is InChI=1S/C17H27N3/c1-5-10-20-15-9-7-6-8-14(15)19-16(20)11-13(18)12-17(2,3)4/h6-9,13H,5,10-12,18H2,1-4H3. The van der Waals surface area contributed by atoms with Gasteiger partial charge in [0.05, 0.1) is 11.0 Å². The van der Waals surface area contributed by atoms with Gasteiger partial charge < -0.3 is 10.3 Å².